The molecule has 6 nitrogen and oxygen atoms in total. The van der Waals surface area contributed by atoms with Crippen LogP contribution >= 0.6 is 11.8 Å². The molecule has 0 saturated carbocycles. The van der Waals surface area contributed by atoms with Gasteiger partial charge >= 0.3 is 0 Å². The van der Waals surface area contributed by atoms with Crippen molar-refractivity contribution in [2.75, 3.05) is 24.8 Å². The molecule has 1 atom stereocenters. The van der Waals surface area contributed by atoms with Gasteiger partial charge in [-0.2, -0.15) is 0 Å². The van der Waals surface area contributed by atoms with E-state index in [9.17, 15) is 18.0 Å². The van der Waals surface area contributed by atoms with Crippen molar-refractivity contribution in [2.24, 2.45) is 0 Å². The van der Waals surface area contributed by atoms with E-state index in [1.54, 1.807) is 23.9 Å². The molecule has 160 valence electrons. The monoisotopic (exact) mass is 446 g/mol. The van der Waals surface area contributed by atoms with Crippen molar-refractivity contribution in [3.8, 4) is 0 Å². The molecule has 2 amide bonds. The summed E-state index contributed by atoms with van der Waals surface area (Å²) < 4.78 is 23.4. The normalized spacial score (nSPS) is 14.5. The lowest BCUT2D eigenvalue weighted by molar-refractivity contribution is -0.125. The van der Waals surface area contributed by atoms with Gasteiger partial charge in [-0.15, -0.1) is 11.8 Å². The topological polar surface area (TPSA) is 83.6 Å². The summed E-state index contributed by atoms with van der Waals surface area (Å²) in [5.74, 6) is -0.700. The maximum atomic E-state index is 12.9. The molecule has 0 saturated heterocycles. The summed E-state index contributed by atoms with van der Waals surface area (Å²) in [6, 6.07) is 14.5. The Labute approximate surface area is 182 Å². The summed E-state index contributed by atoms with van der Waals surface area (Å²) in [5.41, 5.74) is 2.53. The molecule has 0 bridgehead atoms. The summed E-state index contributed by atoms with van der Waals surface area (Å²) >= 11 is 1.67. The molecule has 0 unspecified atom stereocenters. The molecule has 2 aromatic carbocycles. The summed E-state index contributed by atoms with van der Waals surface area (Å²) in [5, 5.41) is 2.89. The zero-order chi connectivity index (χ0) is 21.7. The van der Waals surface area contributed by atoms with E-state index in [1.165, 1.54) is 9.80 Å². The fraction of sp³-hybridized carbons (Fsp3) is 0.364. The molecule has 0 spiro atoms. The highest BCUT2D eigenvalue weighted by Gasteiger charge is 2.36. The van der Waals surface area contributed by atoms with Crippen LogP contribution in [0.5, 0.6) is 0 Å². The van der Waals surface area contributed by atoms with E-state index in [0.29, 0.717) is 25.1 Å². The quantitative estimate of drug-likeness (QED) is 0.599. The van der Waals surface area contributed by atoms with Crippen LogP contribution in [0.15, 0.2) is 53.4 Å². The Morgan fingerprint density at radius 1 is 1.17 bits per heavy atom. The van der Waals surface area contributed by atoms with Gasteiger partial charge in [0, 0.05) is 29.8 Å². The molecule has 1 aliphatic heterocycles. The first-order valence-corrected chi connectivity index (χ1v) is 13.0. The van der Waals surface area contributed by atoms with Crippen molar-refractivity contribution >= 4 is 33.4 Å². The second kappa shape index (κ2) is 9.66. The van der Waals surface area contributed by atoms with E-state index in [2.05, 4.69) is 5.32 Å². The maximum absolute atomic E-state index is 12.9. The minimum Gasteiger partial charge on any atom is -0.354 e. The first-order chi connectivity index (χ1) is 14.3. The fourth-order valence-corrected chi connectivity index (χ4v) is 4.58. The van der Waals surface area contributed by atoms with Crippen LogP contribution < -0.4 is 5.32 Å². The molecular weight excluding hydrogens is 420 g/mol. The Hall–Kier alpha value is -2.32. The molecule has 1 aliphatic rings. The van der Waals surface area contributed by atoms with Gasteiger partial charge in [0.2, 0.25) is 5.91 Å². The van der Waals surface area contributed by atoms with Crippen LogP contribution in [0.2, 0.25) is 0 Å². The predicted molar refractivity (Wildman–Crippen MR) is 119 cm³/mol. The lowest BCUT2D eigenvalue weighted by Gasteiger charge is -2.26. The molecule has 1 heterocycles. The third kappa shape index (κ3) is 5.64. The Balaban J connectivity index is 1.67. The molecule has 2 aromatic rings. The van der Waals surface area contributed by atoms with Gasteiger partial charge in [0.25, 0.3) is 5.91 Å². The molecule has 0 aromatic heterocycles. The van der Waals surface area contributed by atoms with E-state index in [4.69, 9.17) is 0 Å². The van der Waals surface area contributed by atoms with Gasteiger partial charge in [-0.1, -0.05) is 30.3 Å². The maximum Gasteiger partial charge on any atom is 0.255 e. The zero-order valence-electron chi connectivity index (χ0n) is 17.1. The van der Waals surface area contributed by atoms with Crippen LogP contribution in [-0.2, 0) is 27.6 Å². The van der Waals surface area contributed by atoms with Crippen LogP contribution in [0, 0.1) is 0 Å². The lowest BCUT2D eigenvalue weighted by atomic mass is 10.1. The average Bonchev–Trinajstić information content (AvgIpc) is 3.04. The van der Waals surface area contributed by atoms with Gasteiger partial charge in [-0.25, -0.2) is 8.42 Å². The summed E-state index contributed by atoms with van der Waals surface area (Å²) in [6.45, 7) is 0.731. The number of carbonyl (C=O) groups is 2. The van der Waals surface area contributed by atoms with Crippen LogP contribution in [0.3, 0.4) is 0 Å². The van der Waals surface area contributed by atoms with Gasteiger partial charge in [0.05, 0.1) is 5.75 Å². The Morgan fingerprint density at radius 2 is 1.87 bits per heavy atom. The molecular formula is C22H26N2O4S2. The summed E-state index contributed by atoms with van der Waals surface area (Å²) in [7, 11) is -3.26. The van der Waals surface area contributed by atoms with Gasteiger partial charge < -0.3 is 10.2 Å². The number of amides is 2. The van der Waals surface area contributed by atoms with E-state index < -0.39 is 15.9 Å². The van der Waals surface area contributed by atoms with Crippen molar-refractivity contribution in [1.29, 1.82) is 0 Å². The second-order valence-electron chi connectivity index (χ2n) is 7.41. The first-order valence-electron chi connectivity index (χ1n) is 9.76. The molecule has 0 fully saturated rings. The van der Waals surface area contributed by atoms with Crippen molar-refractivity contribution in [2.45, 2.75) is 30.3 Å². The number of sulfone groups is 1. The van der Waals surface area contributed by atoms with Crippen molar-refractivity contribution in [1.82, 2.24) is 10.2 Å². The standard InChI is InChI=1S/C22H26N2O4S2/c1-29-18-9-7-16(8-10-18)11-13-23-21(25)20(12-14-30(2,27)28)24-15-17-5-3-4-6-19(17)22(24)26/h3-10,20H,11-15H2,1-2H3,(H,23,25)/t20-/m0/s1. The number of fused-ring (bicyclic) bond motifs is 1. The highest BCUT2D eigenvalue weighted by atomic mass is 32.2. The third-order valence-corrected chi connectivity index (χ3v) is 6.88. The smallest absolute Gasteiger partial charge is 0.255 e. The molecule has 8 heteroatoms. The van der Waals surface area contributed by atoms with Gasteiger partial charge in [0.15, 0.2) is 0 Å². The Bertz CT molecular complexity index is 1020. The lowest BCUT2D eigenvalue weighted by Crippen LogP contribution is -2.48. The highest BCUT2D eigenvalue weighted by Crippen LogP contribution is 2.25. The number of benzene rings is 2. The zero-order valence-corrected chi connectivity index (χ0v) is 18.8. The minimum atomic E-state index is -3.26. The number of hydrogen-bond donors (Lipinski definition) is 1. The molecule has 0 aliphatic carbocycles. The van der Waals surface area contributed by atoms with Crippen molar-refractivity contribution in [3.05, 3.63) is 65.2 Å². The van der Waals surface area contributed by atoms with Gasteiger partial charge in [-0.3, -0.25) is 9.59 Å². The number of hydrogen-bond acceptors (Lipinski definition) is 5. The SMILES string of the molecule is CSc1ccc(CCNC(=O)[C@H](CCS(C)(=O)=O)N2Cc3ccccc3C2=O)cc1. The number of nitrogens with zero attached hydrogens (tertiary/aromatic N) is 1. The molecule has 3 rings (SSSR count). The van der Waals surface area contributed by atoms with Gasteiger partial charge in [-0.05, 0) is 48.4 Å². The Kier molecular flexibility index (Phi) is 7.20. The number of thioether (sulfide) groups is 1. The first kappa shape index (κ1) is 22.4. The number of nitrogens with one attached hydrogen (secondary N) is 1. The average molecular weight is 447 g/mol. The van der Waals surface area contributed by atoms with Crippen molar-refractivity contribution in [3.63, 3.8) is 0 Å². The van der Waals surface area contributed by atoms with Crippen LogP contribution in [-0.4, -0.2) is 56.0 Å². The summed E-state index contributed by atoms with van der Waals surface area (Å²) in [4.78, 5) is 28.4. The van der Waals surface area contributed by atoms with E-state index >= 15 is 0 Å². The summed E-state index contributed by atoms with van der Waals surface area (Å²) in [6.07, 6.45) is 3.89. The second-order valence-corrected chi connectivity index (χ2v) is 10.6. The van der Waals surface area contributed by atoms with Gasteiger partial charge in [0.1, 0.15) is 15.9 Å². The molecule has 30 heavy (non-hydrogen) atoms. The van der Waals surface area contributed by atoms with Crippen molar-refractivity contribution < 1.29 is 18.0 Å². The molecule has 1 N–H and O–H groups in total. The minimum absolute atomic E-state index is 0.0762. The van der Waals surface area contributed by atoms with E-state index in [1.807, 2.05) is 42.7 Å². The molecule has 0 radical (unpaired) electrons. The van der Waals surface area contributed by atoms with E-state index in [0.717, 1.165) is 17.4 Å². The highest BCUT2D eigenvalue weighted by molar-refractivity contribution is 7.98. The van der Waals surface area contributed by atoms with Crippen LogP contribution in [0.4, 0.5) is 0 Å². The fourth-order valence-electron chi connectivity index (χ4n) is 3.52. The predicted octanol–water partition coefficient (Wildman–Crippen LogP) is 2.53. The Morgan fingerprint density at radius 3 is 2.50 bits per heavy atom. The van der Waals surface area contributed by atoms with Crippen LogP contribution in [0.25, 0.3) is 0 Å². The van der Waals surface area contributed by atoms with Crippen LogP contribution in [0.1, 0.15) is 27.9 Å². The number of rotatable bonds is 9. The third-order valence-electron chi connectivity index (χ3n) is 5.16. The largest absolute Gasteiger partial charge is 0.354 e. The number of carbonyl (C=O) groups excluding carboxylic acids is 2. The van der Waals surface area contributed by atoms with E-state index in [-0.39, 0.29) is 24.0 Å².